The zero-order chi connectivity index (χ0) is 19.0. The summed E-state index contributed by atoms with van der Waals surface area (Å²) in [6, 6.07) is 11.0. The third-order valence-corrected chi connectivity index (χ3v) is 4.26. The van der Waals surface area contributed by atoms with E-state index in [2.05, 4.69) is 15.4 Å². The van der Waals surface area contributed by atoms with Crippen molar-refractivity contribution in [2.75, 3.05) is 0 Å². The molecule has 0 bridgehead atoms. The number of halogens is 1. The monoisotopic (exact) mass is 365 g/mol. The maximum atomic E-state index is 13.0. The van der Waals surface area contributed by atoms with Crippen molar-refractivity contribution >= 4 is 22.6 Å². The second-order valence-electron chi connectivity index (χ2n) is 6.22. The molecule has 3 aromatic heterocycles. The molecule has 0 saturated carbocycles. The molecule has 4 rings (SSSR count). The fourth-order valence-corrected chi connectivity index (χ4v) is 2.98. The number of benzene rings is 1. The van der Waals surface area contributed by atoms with Crippen molar-refractivity contribution in [1.82, 2.24) is 24.5 Å². The first-order valence-electron chi connectivity index (χ1n) is 8.38. The highest BCUT2D eigenvalue weighted by molar-refractivity contribution is 5.80. The van der Waals surface area contributed by atoms with Gasteiger partial charge in [0.15, 0.2) is 5.65 Å². The molecule has 8 heteroatoms. The van der Waals surface area contributed by atoms with Gasteiger partial charge in [-0.05, 0) is 42.8 Å². The van der Waals surface area contributed by atoms with Gasteiger partial charge in [-0.2, -0.15) is 5.10 Å². The second-order valence-corrected chi connectivity index (χ2v) is 6.22. The van der Waals surface area contributed by atoms with Gasteiger partial charge in [-0.3, -0.25) is 14.2 Å². The van der Waals surface area contributed by atoms with Crippen molar-refractivity contribution in [2.45, 2.75) is 20.0 Å². The third-order valence-electron chi connectivity index (χ3n) is 4.26. The van der Waals surface area contributed by atoms with Crippen molar-refractivity contribution in [3.05, 3.63) is 76.1 Å². The fraction of sp³-hybridized carbons (Fsp3) is 0.158. The third kappa shape index (κ3) is 3.17. The molecule has 0 aliphatic rings. The molecule has 1 N–H and O–H groups in total. The molecular weight excluding hydrogens is 349 g/mol. The number of amides is 1. The Kier molecular flexibility index (Phi) is 4.15. The Morgan fingerprint density at radius 2 is 1.96 bits per heavy atom. The SMILES string of the molecule is Cc1cc2c(=O)n(CC(=O)NCc3ccc(F)cc3)c3cccnc3n2n1. The molecule has 0 spiro atoms. The number of hydrogen-bond acceptors (Lipinski definition) is 4. The number of aromatic nitrogens is 4. The van der Waals surface area contributed by atoms with Gasteiger partial charge < -0.3 is 5.32 Å². The van der Waals surface area contributed by atoms with Crippen LogP contribution in [0.1, 0.15) is 11.3 Å². The van der Waals surface area contributed by atoms with E-state index < -0.39 is 0 Å². The van der Waals surface area contributed by atoms with Gasteiger partial charge in [0.25, 0.3) is 5.56 Å². The van der Waals surface area contributed by atoms with E-state index in [1.54, 1.807) is 43.5 Å². The lowest BCUT2D eigenvalue weighted by atomic mass is 10.2. The second kappa shape index (κ2) is 6.64. The topological polar surface area (TPSA) is 81.3 Å². The summed E-state index contributed by atoms with van der Waals surface area (Å²) in [4.78, 5) is 29.6. The normalized spacial score (nSPS) is 11.2. The molecule has 1 amide bonds. The van der Waals surface area contributed by atoms with Crippen LogP contribution in [0.15, 0.2) is 53.5 Å². The first-order chi connectivity index (χ1) is 13.0. The number of hydrogen-bond donors (Lipinski definition) is 1. The molecule has 0 fully saturated rings. The molecule has 7 nitrogen and oxygen atoms in total. The van der Waals surface area contributed by atoms with Crippen LogP contribution in [0.4, 0.5) is 4.39 Å². The number of fused-ring (bicyclic) bond motifs is 3. The minimum atomic E-state index is -0.333. The first kappa shape index (κ1) is 16.9. The summed E-state index contributed by atoms with van der Waals surface area (Å²) in [5.74, 6) is -0.660. The van der Waals surface area contributed by atoms with E-state index in [0.717, 1.165) is 5.56 Å². The van der Waals surface area contributed by atoms with Gasteiger partial charge in [0.1, 0.15) is 17.9 Å². The van der Waals surface area contributed by atoms with Crippen LogP contribution < -0.4 is 10.9 Å². The van der Waals surface area contributed by atoms with E-state index in [-0.39, 0.29) is 30.4 Å². The smallest absolute Gasteiger partial charge is 0.277 e. The molecule has 27 heavy (non-hydrogen) atoms. The lowest BCUT2D eigenvalue weighted by molar-refractivity contribution is -0.121. The summed E-state index contributed by atoms with van der Waals surface area (Å²) in [6.45, 7) is 1.89. The lowest BCUT2D eigenvalue weighted by Crippen LogP contribution is -2.33. The number of nitrogens with zero attached hydrogens (tertiary/aromatic N) is 4. The molecule has 0 unspecified atom stereocenters. The average Bonchev–Trinajstić information content (AvgIpc) is 3.07. The molecule has 136 valence electrons. The Bertz CT molecular complexity index is 1210. The van der Waals surface area contributed by atoms with Crippen molar-refractivity contribution in [3.8, 4) is 0 Å². The fourth-order valence-electron chi connectivity index (χ4n) is 2.98. The largest absolute Gasteiger partial charge is 0.350 e. The maximum Gasteiger partial charge on any atom is 0.277 e. The van der Waals surface area contributed by atoms with Crippen LogP contribution in [0.5, 0.6) is 0 Å². The summed E-state index contributed by atoms with van der Waals surface area (Å²) in [7, 11) is 0. The molecule has 0 radical (unpaired) electrons. The highest BCUT2D eigenvalue weighted by Crippen LogP contribution is 2.12. The predicted octanol–water partition coefficient (Wildman–Crippen LogP) is 1.81. The standard InChI is InChI=1S/C19H16FN5O2/c1-12-9-16-19(27)24(15-3-2-8-21-18(15)25(16)23-12)11-17(26)22-10-13-4-6-14(20)7-5-13/h2-9H,10-11H2,1H3,(H,22,26). The summed E-state index contributed by atoms with van der Waals surface area (Å²) in [5, 5.41) is 7.06. The van der Waals surface area contributed by atoms with Gasteiger partial charge in [-0.1, -0.05) is 12.1 Å². The van der Waals surface area contributed by atoms with Crippen LogP contribution >= 0.6 is 0 Å². The molecule has 0 saturated heterocycles. The lowest BCUT2D eigenvalue weighted by Gasteiger charge is -2.11. The number of rotatable bonds is 4. The molecular formula is C19H16FN5O2. The van der Waals surface area contributed by atoms with Crippen LogP contribution in [0.2, 0.25) is 0 Å². The number of carbonyl (C=O) groups excluding carboxylic acids is 1. The zero-order valence-corrected chi connectivity index (χ0v) is 14.5. The summed E-state index contributed by atoms with van der Waals surface area (Å²) in [6.07, 6.45) is 1.61. The van der Waals surface area contributed by atoms with Gasteiger partial charge in [0.05, 0.1) is 11.2 Å². The summed E-state index contributed by atoms with van der Waals surface area (Å²) >= 11 is 0. The number of carbonyl (C=O) groups is 1. The van der Waals surface area contributed by atoms with Gasteiger partial charge in [-0.25, -0.2) is 13.9 Å². The molecule has 3 heterocycles. The quantitative estimate of drug-likeness (QED) is 0.598. The summed E-state index contributed by atoms with van der Waals surface area (Å²) < 4.78 is 15.8. The Morgan fingerprint density at radius 3 is 2.74 bits per heavy atom. The van der Waals surface area contributed by atoms with Crippen LogP contribution in [-0.2, 0) is 17.9 Å². The zero-order valence-electron chi connectivity index (χ0n) is 14.5. The van der Waals surface area contributed by atoms with Gasteiger partial charge in [0.2, 0.25) is 5.91 Å². The van der Waals surface area contributed by atoms with Crippen LogP contribution in [0, 0.1) is 12.7 Å². The predicted molar refractivity (Wildman–Crippen MR) is 97.7 cm³/mol. The highest BCUT2D eigenvalue weighted by atomic mass is 19.1. The number of aryl methyl sites for hydroxylation is 1. The molecule has 1 aromatic carbocycles. The van der Waals surface area contributed by atoms with Crippen LogP contribution in [0.3, 0.4) is 0 Å². The van der Waals surface area contributed by atoms with Crippen molar-refractivity contribution in [1.29, 1.82) is 0 Å². The van der Waals surface area contributed by atoms with Gasteiger partial charge in [-0.15, -0.1) is 0 Å². The van der Waals surface area contributed by atoms with Crippen LogP contribution in [0.25, 0.3) is 16.7 Å². The maximum absolute atomic E-state index is 13.0. The minimum Gasteiger partial charge on any atom is -0.350 e. The van der Waals surface area contributed by atoms with E-state index in [1.807, 2.05) is 0 Å². The van der Waals surface area contributed by atoms with E-state index in [0.29, 0.717) is 22.4 Å². The van der Waals surface area contributed by atoms with Gasteiger partial charge in [0, 0.05) is 12.7 Å². The minimum absolute atomic E-state index is 0.150. The molecule has 0 atom stereocenters. The van der Waals surface area contributed by atoms with Crippen molar-refractivity contribution in [2.24, 2.45) is 0 Å². The highest BCUT2D eigenvalue weighted by Gasteiger charge is 2.15. The van der Waals surface area contributed by atoms with E-state index in [9.17, 15) is 14.0 Å². The Morgan fingerprint density at radius 1 is 1.19 bits per heavy atom. The van der Waals surface area contributed by atoms with Crippen LogP contribution in [-0.4, -0.2) is 25.1 Å². The molecule has 0 aliphatic heterocycles. The van der Waals surface area contributed by atoms with E-state index >= 15 is 0 Å². The van der Waals surface area contributed by atoms with Gasteiger partial charge >= 0.3 is 0 Å². The van der Waals surface area contributed by atoms with Crippen molar-refractivity contribution < 1.29 is 9.18 Å². The summed E-state index contributed by atoms with van der Waals surface area (Å²) in [5.41, 5.74) is 2.54. The first-order valence-corrected chi connectivity index (χ1v) is 8.38. The van der Waals surface area contributed by atoms with E-state index in [4.69, 9.17) is 0 Å². The Balaban J connectivity index is 1.66. The Labute approximate surface area is 153 Å². The molecule has 0 aliphatic carbocycles. The van der Waals surface area contributed by atoms with E-state index in [1.165, 1.54) is 21.2 Å². The van der Waals surface area contributed by atoms with Crippen molar-refractivity contribution in [3.63, 3.8) is 0 Å². The number of pyridine rings is 1. The molecule has 4 aromatic rings. The average molecular weight is 365 g/mol. The number of nitrogens with one attached hydrogen (secondary N) is 1. The Hall–Kier alpha value is -3.55.